The van der Waals surface area contributed by atoms with Crippen LogP contribution in [0, 0.1) is 0 Å². The second kappa shape index (κ2) is 5.88. The molecule has 0 aliphatic carbocycles. The van der Waals surface area contributed by atoms with E-state index >= 15 is 0 Å². The second-order valence-corrected chi connectivity index (χ2v) is 3.87. The molecule has 0 radical (unpaired) electrons. The third-order valence-electron chi connectivity index (χ3n) is 0.360. The summed E-state index contributed by atoms with van der Waals surface area (Å²) >= 11 is -3.01. The van der Waals surface area contributed by atoms with Crippen LogP contribution in [-0.4, -0.2) is 21.0 Å². The van der Waals surface area contributed by atoms with Crippen LogP contribution in [0.15, 0.2) is 9.82 Å². The van der Waals surface area contributed by atoms with Gasteiger partial charge in [0.15, 0.2) is 0 Å². The van der Waals surface area contributed by atoms with Gasteiger partial charge in [0.1, 0.15) is 0 Å². The third kappa shape index (κ3) is 3.71. The zero-order valence-electron chi connectivity index (χ0n) is 4.47. The molecule has 0 saturated heterocycles. The molecule has 0 heterocycles. The molecule has 0 fully saturated rings. The van der Waals surface area contributed by atoms with E-state index < -0.39 is 21.0 Å². The van der Waals surface area contributed by atoms with Gasteiger partial charge in [-0.05, 0) is 0 Å². The molecule has 0 rings (SSSR count). The van der Waals surface area contributed by atoms with Crippen LogP contribution in [-0.2, 0) is 0 Å². The Morgan fingerprint density at radius 3 is 1.30 bits per heavy atom. The molecule has 0 spiro atoms. The molecule has 0 aliphatic rings. The number of hydrogen-bond donors (Lipinski definition) is 0. The molecule has 0 amide bonds. The van der Waals surface area contributed by atoms with Gasteiger partial charge in [0.2, 0.25) is 0 Å². The van der Waals surface area contributed by atoms with Crippen LogP contribution < -0.4 is 0 Å². The molecule has 0 aliphatic heterocycles. The first-order valence-electron chi connectivity index (χ1n) is 1.80. The molecule has 0 aromatic rings. The van der Waals surface area contributed by atoms with Gasteiger partial charge >= 0.3 is 62.2 Å². The van der Waals surface area contributed by atoms with E-state index in [-0.39, 0.29) is 0 Å². The summed E-state index contributed by atoms with van der Waals surface area (Å²) in [4.78, 5) is 7.05. The Morgan fingerprint density at radius 1 is 0.800 bits per heavy atom. The van der Waals surface area contributed by atoms with Crippen molar-refractivity contribution in [2.75, 3.05) is 0 Å². The second-order valence-electron chi connectivity index (χ2n) is 0.805. The van der Waals surface area contributed by atoms with Crippen LogP contribution >= 0.6 is 0 Å². The van der Waals surface area contributed by atoms with Gasteiger partial charge in [-0.2, -0.15) is 0 Å². The van der Waals surface area contributed by atoms with Gasteiger partial charge in [-0.25, -0.2) is 0 Å². The van der Waals surface area contributed by atoms with Gasteiger partial charge in [0, 0.05) is 0 Å². The van der Waals surface area contributed by atoms with Crippen molar-refractivity contribution in [3.8, 4) is 0 Å². The maximum atomic E-state index is 7.83. The summed E-state index contributed by atoms with van der Waals surface area (Å²) in [6.45, 7) is 0. The SMILES string of the molecule is [N-]=[N+]=[N][Sb]([N]=[N+]=[N-])[N]=[N+]=[N-]. The fourth-order valence-corrected chi connectivity index (χ4v) is 1.08. The Morgan fingerprint density at radius 2 is 1.10 bits per heavy atom. The van der Waals surface area contributed by atoms with Crippen LogP contribution in [0.25, 0.3) is 31.3 Å². The van der Waals surface area contributed by atoms with E-state index in [2.05, 4.69) is 24.6 Å². The molecule has 0 aromatic heterocycles. The number of rotatable bonds is 3. The van der Waals surface area contributed by atoms with Crippen LogP contribution in [0.4, 0.5) is 0 Å². The molecule has 10 heteroatoms. The summed E-state index contributed by atoms with van der Waals surface area (Å²) in [5.74, 6) is 0. The maximum absolute atomic E-state index is 7.83. The molecule has 50 valence electrons. The van der Waals surface area contributed by atoms with Crippen molar-refractivity contribution in [2.24, 2.45) is 9.82 Å². The molecule has 0 bridgehead atoms. The van der Waals surface area contributed by atoms with Gasteiger partial charge in [-0.1, -0.05) is 0 Å². The Labute approximate surface area is 62.6 Å². The summed E-state index contributed by atoms with van der Waals surface area (Å²) in [7, 11) is 0. The van der Waals surface area contributed by atoms with E-state index in [1.807, 2.05) is 0 Å². The topological polar surface area (TPSA) is 146 Å². The first kappa shape index (κ1) is 8.75. The predicted octanol–water partition coefficient (Wildman–Crippen LogP) is 1.90. The molecule has 10 heavy (non-hydrogen) atoms. The quantitative estimate of drug-likeness (QED) is 0.310. The van der Waals surface area contributed by atoms with Gasteiger partial charge < -0.3 is 0 Å². The number of nitrogens with zero attached hydrogens (tertiary/aromatic N) is 9. The molecular weight excluding hydrogens is 248 g/mol. The predicted molar refractivity (Wildman–Crippen MR) is 33.2 cm³/mol. The van der Waals surface area contributed by atoms with Gasteiger partial charge in [-0.15, -0.1) is 0 Å². The zero-order chi connectivity index (χ0) is 7.82. The zero-order valence-corrected chi connectivity index (χ0v) is 7.02. The molecular formula is N9Sb. The molecule has 0 unspecified atom stereocenters. The fraction of sp³-hybridized carbons (Fsp3) is 0. The van der Waals surface area contributed by atoms with Crippen molar-refractivity contribution >= 4 is 21.0 Å². The normalized spacial score (nSPS) is 6.90. The van der Waals surface area contributed by atoms with E-state index in [0.29, 0.717) is 0 Å². The Hall–Kier alpha value is -1.25. The van der Waals surface area contributed by atoms with E-state index in [1.165, 1.54) is 0 Å². The van der Waals surface area contributed by atoms with Crippen molar-refractivity contribution in [1.82, 2.24) is 0 Å². The Kier molecular flexibility index (Phi) is 5.14. The first-order chi connectivity index (χ1) is 4.85. The minimum atomic E-state index is -3.01. The van der Waals surface area contributed by atoms with Crippen LogP contribution in [0.1, 0.15) is 0 Å². The van der Waals surface area contributed by atoms with E-state index in [0.717, 1.165) is 0 Å². The molecule has 9 nitrogen and oxygen atoms in total. The third-order valence-corrected chi connectivity index (χ3v) is 2.41. The van der Waals surface area contributed by atoms with Crippen LogP contribution in [0.5, 0.6) is 0 Å². The first-order valence-corrected chi connectivity index (χ1v) is 5.22. The van der Waals surface area contributed by atoms with Crippen LogP contribution in [0.2, 0.25) is 0 Å². The fourth-order valence-electron chi connectivity index (χ4n) is 0.161. The van der Waals surface area contributed by atoms with Gasteiger partial charge in [0.25, 0.3) is 0 Å². The monoisotopic (exact) mass is 247 g/mol. The summed E-state index contributed by atoms with van der Waals surface area (Å²) < 4.78 is 9.08. The van der Waals surface area contributed by atoms with Crippen LogP contribution in [0.3, 0.4) is 0 Å². The molecule has 0 N–H and O–H groups in total. The van der Waals surface area contributed by atoms with Gasteiger partial charge in [-0.3, -0.25) is 0 Å². The number of azide groups is 1. The summed E-state index contributed by atoms with van der Waals surface area (Å²) in [5, 5.41) is 0. The van der Waals surface area contributed by atoms with Crippen molar-refractivity contribution in [1.29, 1.82) is 0 Å². The van der Waals surface area contributed by atoms with Crippen molar-refractivity contribution in [2.45, 2.75) is 0 Å². The Bertz CT molecular complexity index is 189. The van der Waals surface area contributed by atoms with Crippen molar-refractivity contribution in [3.63, 3.8) is 0 Å². The molecule has 0 saturated carbocycles. The average molecular weight is 248 g/mol. The van der Waals surface area contributed by atoms with Crippen molar-refractivity contribution in [3.05, 3.63) is 31.3 Å². The summed E-state index contributed by atoms with van der Waals surface area (Å²) in [6, 6.07) is 0. The minimum absolute atomic E-state index is 2.35. The van der Waals surface area contributed by atoms with E-state index in [1.54, 1.807) is 0 Å². The van der Waals surface area contributed by atoms with Crippen molar-refractivity contribution < 1.29 is 0 Å². The molecule has 0 atom stereocenters. The summed E-state index contributed by atoms with van der Waals surface area (Å²) in [6.07, 6.45) is 0. The number of hydrogen-bond acceptors (Lipinski definition) is 3. The van der Waals surface area contributed by atoms with E-state index in [9.17, 15) is 0 Å². The van der Waals surface area contributed by atoms with E-state index in [4.69, 9.17) is 16.6 Å². The standard InChI is InChI=1S/3N3.Sb/c3*1-3-2;/q3*-1;+3. The molecule has 0 aromatic carbocycles. The Balaban J connectivity index is 4.39. The van der Waals surface area contributed by atoms with Gasteiger partial charge in [0.05, 0.1) is 0 Å². The average Bonchev–Trinajstić information content (AvgIpc) is 1.90. The summed E-state index contributed by atoms with van der Waals surface area (Å²) in [5.41, 5.74) is 23.5.